The first-order chi connectivity index (χ1) is 12.1. The Morgan fingerprint density at radius 2 is 1.60 bits per heavy atom. The van der Waals surface area contributed by atoms with Gasteiger partial charge in [0.05, 0.1) is 0 Å². The van der Waals surface area contributed by atoms with E-state index in [0.29, 0.717) is 23.8 Å². The van der Waals surface area contributed by atoms with Crippen molar-refractivity contribution in [1.29, 1.82) is 0 Å². The molecule has 3 rings (SSSR count). The minimum absolute atomic E-state index is 0.0518. The van der Waals surface area contributed by atoms with Crippen molar-refractivity contribution in [2.45, 2.75) is 0 Å². The molecule has 0 saturated carbocycles. The van der Waals surface area contributed by atoms with Crippen molar-refractivity contribution >= 4 is 5.82 Å². The zero-order valence-electron chi connectivity index (χ0n) is 13.3. The standard InChI is InChI=1S/C16H17F3N4O2/c17-11-9-13(19)14(10-12(11)18)24-7-8-25-16-15(21-1-2-22-16)23-5-3-20-4-6-23/h1-2,9-10,20H,3-8H2. The zero-order chi connectivity index (χ0) is 17.6. The molecule has 1 aliphatic heterocycles. The van der Waals surface area contributed by atoms with Crippen LogP contribution in [0.25, 0.3) is 0 Å². The number of benzene rings is 1. The number of hydrogen-bond donors (Lipinski definition) is 1. The summed E-state index contributed by atoms with van der Waals surface area (Å²) in [5, 5.41) is 3.24. The molecule has 0 unspecified atom stereocenters. The monoisotopic (exact) mass is 354 g/mol. The van der Waals surface area contributed by atoms with Gasteiger partial charge in [-0.25, -0.2) is 23.1 Å². The van der Waals surface area contributed by atoms with Crippen LogP contribution in [0.4, 0.5) is 19.0 Å². The molecule has 0 spiro atoms. The van der Waals surface area contributed by atoms with Crippen LogP contribution in [0.15, 0.2) is 24.5 Å². The van der Waals surface area contributed by atoms with E-state index in [1.165, 1.54) is 6.20 Å². The summed E-state index contributed by atoms with van der Waals surface area (Å²) in [5.74, 6) is -2.81. The van der Waals surface area contributed by atoms with Crippen LogP contribution in [0.3, 0.4) is 0 Å². The van der Waals surface area contributed by atoms with Gasteiger partial charge in [-0.2, -0.15) is 0 Å². The summed E-state index contributed by atoms with van der Waals surface area (Å²) in [6.45, 7) is 3.25. The van der Waals surface area contributed by atoms with E-state index in [1.54, 1.807) is 6.20 Å². The summed E-state index contributed by atoms with van der Waals surface area (Å²) in [6.07, 6.45) is 3.09. The van der Waals surface area contributed by atoms with Crippen LogP contribution in [-0.2, 0) is 0 Å². The molecule has 2 aromatic rings. The van der Waals surface area contributed by atoms with Crippen LogP contribution in [0.5, 0.6) is 11.6 Å². The van der Waals surface area contributed by atoms with Crippen LogP contribution in [0.2, 0.25) is 0 Å². The second-order valence-electron chi connectivity index (χ2n) is 5.32. The average molecular weight is 354 g/mol. The fraction of sp³-hybridized carbons (Fsp3) is 0.375. The van der Waals surface area contributed by atoms with E-state index in [4.69, 9.17) is 9.47 Å². The van der Waals surface area contributed by atoms with E-state index in [1.807, 2.05) is 0 Å². The van der Waals surface area contributed by atoms with Gasteiger partial charge in [-0.1, -0.05) is 0 Å². The third-order valence-corrected chi connectivity index (χ3v) is 3.62. The molecule has 1 saturated heterocycles. The maximum atomic E-state index is 13.5. The molecule has 9 heteroatoms. The Bertz CT molecular complexity index is 727. The molecular formula is C16H17F3N4O2. The highest BCUT2D eigenvalue weighted by Crippen LogP contribution is 2.23. The van der Waals surface area contributed by atoms with Gasteiger partial charge in [-0.3, -0.25) is 0 Å². The van der Waals surface area contributed by atoms with Gasteiger partial charge in [0, 0.05) is 50.7 Å². The van der Waals surface area contributed by atoms with E-state index < -0.39 is 17.5 Å². The van der Waals surface area contributed by atoms with Crippen LogP contribution in [-0.4, -0.2) is 49.4 Å². The predicted molar refractivity (Wildman–Crippen MR) is 84.4 cm³/mol. The Kier molecular flexibility index (Phi) is 5.54. The minimum Gasteiger partial charge on any atom is -0.487 e. The summed E-state index contributed by atoms with van der Waals surface area (Å²) >= 11 is 0. The maximum absolute atomic E-state index is 13.5. The highest BCUT2D eigenvalue weighted by atomic mass is 19.2. The molecule has 0 amide bonds. The van der Waals surface area contributed by atoms with Crippen molar-refractivity contribution < 1.29 is 22.6 Å². The van der Waals surface area contributed by atoms with Gasteiger partial charge >= 0.3 is 0 Å². The molecule has 25 heavy (non-hydrogen) atoms. The van der Waals surface area contributed by atoms with Gasteiger partial charge in [0.1, 0.15) is 13.2 Å². The lowest BCUT2D eigenvalue weighted by Crippen LogP contribution is -2.44. The van der Waals surface area contributed by atoms with E-state index in [9.17, 15) is 13.2 Å². The Hall–Kier alpha value is -2.55. The van der Waals surface area contributed by atoms with Gasteiger partial charge < -0.3 is 19.7 Å². The van der Waals surface area contributed by atoms with Gasteiger partial charge in [0.15, 0.2) is 29.0 Å². The number of piperazine rings is 1. The van der Waals surface area contributed by atoms with E-state index in [0.717, 1.165) is 26.2 Å². The molecule has 134 valence electrons. The van der Waals surface area contributed by atoms with Crippen LogP contribution >= 0.6 is 0 Å². The Morgan fingerprint density at radius 3 is 2.40 bits per heavy atom. The van der Waals surface area contributed by atoms with E-state index in [-0.39, 0.29) is 19.0 Å². The summed E-state index contributed by atoms with van der Waals surface area (Å²) < 4.78 is 50.1. The molecule has 1 aromatic carbocycles. The molecule has 1 aromatic heterocycles. The van der Waals surface area contributed by atoms with Crippen LogP contribution in [0, 0.1) is 17.5 Å². The molecule has 6 nitrogen and oxygen atoms in total. The second kappa shape index (κ2) is 8.02. The van der Waals surface area contributed by atoms with Gasteiger partial charge in [0.25, 0.3) is 5.88 Å². The average Bonchev–Trinajstić information content (AvgIpc) is 2.64. The van der Waals surface area contributed by atoms with E-state index >= 15 is 0 Å². The van der Waals surface area contributed by atoms with Crippen molar-refractivity contribution in [3.8, 4) is 11.6 Å². The third kappa shape index (κ3) is 4.30. The number of nitrogens with one attached hydrogen (secondary N) is 1. The third-order valence-electron chi connectivity index (χ3n) is 3.62. The smallest absolute Gasteiger partial charge is 0.257 e. The Balaban J connectivity index is 1.57. The topological polar surface area (TPSA) is 59.5 Å². The van der Waals surface area contributed by atoms with Crippen LogP contribution in [0.1, 0.15) is 0 Å². The van der Waals surface area contributed by atoms with Gasteiger partial charge in [0.2, 0.25) is 0 Å². The van der Waals surface area contributed by atoms with E-state index in [2.05, 4.69) is 20.2 Å². The highest BCUT2D eigenvalue weighted by Gasteiger charge is 2.17. The minimum atomic E-state index is -1.26. The lowest BCUT2D eigenvalue weighted by Gasteiger charge is -2.28. The maximum Gasteiger partial charge on any atom is 0.257 e. The molecule has 1 N–H and O–H groups in total. The molecule has 0 aliphatic carbocycles. The molecule has 1 fully saturated rings. The zero-order valence-corrected chi connectivity index (χ0v) is 13.3. The Labute approximate surface area is 142 Å². The fourth-order valence-electron chi connectivity index (χ4n) is 2.42. The van der Waals surface area contributed by atoms with Crippen molar-refractivity contribution in [3.63, 3.8) is 0 Å². The Morgan fingerprint density at radius 1 is 0.920 bits per heavy atom. The van der Waals surface area contributed by atoms with Gasteiger partial charge in [-0.05, 0) is 0 Å². The van der Waals surface area contributed by atoms with Crippen molar-refractivity contribution in [3.05, 3.63) is 42.0 Å². The summed E-state index contributed by atoms with van der Waals surface area (Å²) in [6, 6.07) is 1.11. The number of halogens is 3. The number of aromatic nitrogens is 2. The summed E-state index contributed by atoms with van der Waals surface area (Å²) in [4.78, 5) is 10.5. The first-order valence-electron chi connectivity index (χ1n) is 7.82. The molecule has 0 atom stereocenters. The molecule has 0 radical (unpaired) electrons. The largest absolute Gasteiger partial charge is 0.487 e. The molecule has 2 heterocycles. The number of rotatable bonds is 6. The number of hydrogen-bond acceptors (Lipinski definition) is 6. The quantitative estimate of drug-likeness (QED) is 0.630. The predicted octanol–water partition coefficient (Wildman–Crippen LogP) is 1.76. The van der Waals surface area contributed by atoms with Crippen molar-refractivity contribution in [1.82, 2.24) is 15.3 Å². The number of ether oxygens (including phenoxy) is 2. The fourth-order valence-corrected chi connectivity index (χ4v) is 2.42. The lowest BCUT2D eigenvalue weighted by molar-refractivity contribution is 0.205. The first kappa shape index (κ1) is 17.3. The van der Waals surface area contributed by atoms with Crippen molar-refractivity contribution in [2.75, 3.05) is 44.3 Å². The van der Waals surface area contributed by atoms with Gasteiger partial charge in [-0.15, -0.1) is 0 Å². The molecule has 1 aliphatic rings. The second-order valence-corrected chi connectivity index (χ2v) is 5.32. The normalized spacial score (nSPS) is 14.4. The highest BCUT2D eigenvalue weighted by molar-refractivity contribution is 5.48. The lowest BCUT2D eigenvalue weighted by atomic mass is 10.3. The summed E-state index contributed by atoms with van der Waals surface area (Å²) in [5.41, 5.74) is 0. The molecular weight excluding hydrogens is 337 g/mol. The van der Waals surface area contributed by atoms with Crippen LogP contribution < -0.4 is 19.7 Å². The summed E-state index contributed by atoms with van der Waals surface area (Å²) in [7, 11) is 0. The number of nitrogens with zero attached hydrogens (tertiary/aromatic N) is 3. The first-order valence-corrected chi connectivity index (χ1v) is 7.82. The molecule has 0 bridgehead atoms. The van der Waals surface area contributed by atoms with Crippen molar-refractivity contribution in [2.24, 2.45) is 0 Å². The SMILES string of the molecule is Fc1cc(F)c(OCCOc2nccnc2N2CCNCC2)cc1F. The number of anilines is 1.